The second kappa shape index (κ2) is 11.9. The molecule has 1 fully saturated rings. The summed E-state index contributed by atoms with van der Waals surface area (Å²) in [7, 11) is 0. The van der Waals surface area contributed by atoms with Crippen molar-refractivity contribution >= 4 is 59.0 Å². The number of hydrogen-bond acceptors (Lipinski definition) is 2. The average Bonchev–Trinajstić information content (AvgIpc) is 2.60. The monoisotopic (exact) mass is 512 g/mol. The first kappa shape index (κ1) is 23.3. The fourth-order valence-corrected chi connectivity index (χ4v) is 3.42. The third-order valence-corrected chi connectivity index (χ3v) is 4.77. The van der Waals surface area contributed by atoms with Gasteiger partial charge in [-0.25, -0.2) is 4.99 Å². The minimum atomic E-state index is -0.0624. The van der Waals surface area contributed by atoms with Gasteiger partial charge in [-0.15, -0.1) is 24.0 Å². The maximum atomic E-state index is 12.3. The maximum absolute atomic E-state index is 12.3. The van der Waals surface area contributed by atoms with E-state index in [0.29, 0.717) is 22.5 Å². The van der Waals surface area contributed by atoms with Crippen molar-refractivity contribution in [1.29, 1.82) is 0 Å². The third-order valence-electron chi connectivity index (χ3n) is 4.21. The van der Waals surface area contributed by atoms with Crippen LogP contribution in [0.2, 0.25) is 10.0 Å². The number of aliphatic imine (C=N–C) groups is 1. The number of carbonyl (C=O) groups is 1. The normalized spacial score (nSPS) is 15.8. The molecule has 5 nitrogen and oxygen atoms in total. The Morgan fingerprint density at radius 2 is 1.96 bits per heavy atom. The van der Waals surface area contributed by atoms with Gasteiger partial charge in [0.2, 0.25) is 5.91 Å². The van der Waals surface area contributed by atoms with E-state index in [9.17, 15) is 4.79 Å². The molecule has 1 unspecified atom stereocenters. The Bertz CT molecular complexity index is 621. The molecule has 2 rings (SSSR count). The van der Waals surface area contributed by atoms with Crippen molar-refractivity contribution in [2.45, 2.75) is 39.2 Å². The molecule has 0 aromatic heterocycles. The van der Waals surface area contributed by atoms with Crippen LogP contribution < -0.4 is 10.6 Å². The maximum Gasteiger partial charge on any atom is 0.244 e. The van der Waals surface area contributed by atoms with Crippen LogP contribution in [-0.4, -0.2) is 42.9 Å². The summed E-state index contributed by atoms with van der Waals surface area (Å²) in [5.41, 5.74) is 0.930. The van der Waals surface area contributed by atoms with Gasteiger partial charge in [-0.2, -0.15) is 0 Å². The lowest BCUT2D eigenvalue weighted by Gasteiger charge is -2.26. The van der Waals surface area contributed by atoms with E-state index in [0.717, 1.165) is 31.5 Å². The summed E-state index contributed by atoms with van der Waals surface area (Å²) in [6.45, 7) is 6.53. The summed E-state index contributed by atoms with van der Waals surface area (Å²) in [6.07, 6.45) is 3.37. The lowest BCUT2D eigenvalue weighted by Crippen LogP contribution is -2.41. The van der Waals surface area contributed by atoms with Gasteiger partial charge in [0, 0.05) is 29.7 Å². The van der Waals surface area contributed by atoms with E-state index in [2.05, 4.69) is 15.6 Å². The van der Waals surface area contributed by atoms with E-state index < -0.39 is 0 Å². The molecule has 1 aliphatic heterocycles. The number of benzene rings is 1. The van der Waals surface area contributed by atoms with E-state index in [1.807, 2.05) is 30.9 Å². The zero-order valence-corrected chi connectivity index (χ0v) is 19.1. The molecule has 0 bridgehead atoms. The summed E-state index contributed by atoms with van der Waals surface area (Å²) >= 11 is 12.2. The summed E-state index contributed by atoms with van der Waals surface area (Å²) in [5, 5.41) is 7.67. The van der Waals surface area contributed by atoms with E-state index >= 15 is 0 Å². The van der Waals surface area contributed by atoms with Crippen molar-refractivity contribution in [2.24, 2.45) is 4.99 Å². The first-order valence-electron chi connectivity index (χ1n) is 8.78. The SMILES string of the molecule is CCNC(=NCC(=O)N1CCCCC1)NC(C)c1ccc(Cl)cc1Cl.I. The van der Waals surface area contributed by atoms with E-state index in [1.54, 1.807) is 6.07 Å². The minimum absolute atomic E-state index is 0. The molecule has 1 aliphatic rings. The predicted octanol–water partition coefficient (Wildman–Crippen LogP) is 4.24. The number of rotatable bonds is 5. The first-order chi connectivity index (χ1) is 12.0. The molecule has 0 spiro atoms. The van der Waals surface area contributed by atoms with E-state index in [-0.39, 0.29) is 42.5 Å². The lowest BCUT2D eigenvalue weighted by atomic mass is 10.1. The van der Waals surface area contributed by atoms with Crippen molar-refractivity contribution in [2.75, 3.05) is 26.2 Å². The van der Waals surface area contributed by atoms with Gasteiger partial charge >= 0.3 is 0 Å². The van der Waals surface area contributed by atoms with Gasteiger partial charge in [0.15, 0.2) is 5.96 Å². The minimum Gasteiger partial charge on any atom is -0.357 e. The van der Waals surface area contributed by atoms with Crippen LogP contribution in [0.4, 0.5) is 0 Å². The van der Waals surface area contributed by atoms with Crippen LogP contribution in [0.15, 0.2) is 23.2 Å². The molecule has 146 valence electrons. The molecular formula is C18H27Cl2IN4O. The Kier molecular flexibility index (Phi) is 10.6. The number of nitrogens with zero attached hydrogens (tertiary/aromatic N) is 2. The number of guanidine groups is 1. The van der Waals surface area contributed by atoms with Crippen LogP contribution in [0.25, 0.3) is 0 Å². The smallest absolute Gasteiger partial charge is 0.244 e. The van der Waals surface area contributed by atoms with Crippen LogP contribution in [0.5, 0.6) is 0 Å². The summed E-state index contributed by atoms with van der Waals surface area (Å²) in [6, 6.07) is 5.36. The predicted molar refractivity (Wildman–Crippen MR) is 120 cm³/mol. The molecule has 1 atom stereocenters. The number of hydrogen-bond donors (Lipinski definition) is 2. The summed E-state index contributed by atoms with van der Waals surface area (Å²) < 4.78 is 0. The molecule has 1 amide bonds. The molecule has 1 saturated heterocycles. The first-order valence-corrected chi connectivity index (χ1v) is 9.54. The van der Waals surface area contributed by atoms with Crippen LogP contribution in [0, 0.1) is 0 Å². The Morgan fingerprint density at radius 3 is 2.58 bits per heavy atom. The Morgan fingerprint density at radius 1 is 1.27 bits per heavy atom. The Hall–Kier alpha value is -0.730. The molecular weight excluding hydrogens is 486 g/mol. The standard InChI is InChI=1S/C18H26Cl2N4O.HI/c1-3-21-18(22-12-17(25)24-9-5-4-6-10-24)23-13(2)15-8-7-14(19)11-16(15)20;/h7-8,11,13H,3-6,9-10,12H2,1-2H3,(H2,21,22,23);1H. The summed E-state index contributed by atoms with van der Waals surface area (Å²) in [4.78, 5) is 18.6. The molecule has 0 aliphatic carbocycles. The van der Waals surface area contributed by atoms with Gasteiger partial charge in [-0.05, 0) is 50.8 Å². The van der Waals surface area contributed by atoms with Crippen LogP contribution in [0.1, 0.15) is 44.7 Å². The number of halogens is 3. The number of amides is 1. The molecule has 1 aromatic rings. The highest BCUT2D eigenvalue weighted by atomic mass is 127. The summed E-state index contributed by atoms with van der Waals surface area (Å²) in [5.74, 6) is 0.681. The number of piperidine rings is 1. The van der Waals surface area contributed by atoms with Gasteiger partial charge in [0.25, 0.3) is 0 Å². The van der Waals surface area contributed by atoms with E-state index in [1.165, 1.54) is 6.42 Å². The van der Waals surface area contributed by atoms with Crippen molar-refractivity contribution in [3.63, 3.8) is 0 Å². The fraction of sp³-hybridized carbons (Fsp3) is 0.556. The largest absolute Gasteiger partial charge is 0.357 e. The van der Waals surface area contributed by atoms with Crippen LogP contribution in [0.3, 0.4) is 0 Å². The van der Waals surface area contributed by atoms with Crippen molar-refractivity contribution < 1.29 is 4.79 Å². The highest BCUT2D eigenvalue weighted by molar-refractivity contribution is 14.0. The quantitative estimate of drug-likeness (QED) is 0.352. The highest BCUT2D eigenvalue weighted by Gasteiger charge is 2.17. The molecule has 26 heavy (non-hydrogen) atoms. The van der Waals surface area contributed by atoms with Gasteiger partial charge in [-0.1, -0.05) is 29.3 Å². The molecule has 1 aromatic carbocycles. The third kappa shape index (κ3) is 7.12. The van der Waals surface area contributed by atoms with Crippen molar-refractivity contribution in [1.82, 2.24) is 15.5 Å². The Labute approximate surface area is 182 Å². The van der Waals surface area contributed by atoms with Crippen molar-refractivity contribution in [3.05, 3.63) is 33.8 Å². The van der Waals surface area contributed by atoms with Gasteiger partial charge in [-0.3, -0.25) is 4.79 Å². The average molecular weight is 513 g/mol. The topological polar surface area (TPSA) is 56.7 Å². The van der Waals surface area contributed by atoms with E-state index in [4.69, 9.17) is 23.2 Å². The lowest BCUT2D eigenvalue weighted by molar-refractivity contribution is -0.130. The van der Waals surface area contributed by atoms with Crippen molar-refractivity contribution in [3.8, 4) is 0 Å². The second-order valence-electron chi connectivity index (χ2n) is 6.17. The molecule has 2 N–H and O–H groups in total. The molecule has 8 heteroatoms. The zero-order valence-electron chi connectivity index (χ0n) is 15.2. The van der Waals surface area contributed by atoms with Crippen LogP contribution >= 0.6 is 47.2 Å². The number of likely N-dealkylation sites (tertiary alicyclic amines) is 1. The highest BCUT2D eigenvalue weighted by Crippen LogP contribution is 2.25. The fourth-order valence-electron chi connectivity index (χ4n) is 2.85. The molecule has 0 radical (unpaired) electrons. The molecule has 1 heterocycles. The number of nitrogens with one attached hydrogen (secondary N) is 2. The van der Waals surface area contributed by atoms with Crippen LogP contribution in [-0.2, 0) is 4.79 Å². The zero-order chi connectivity index (χ0) is 18.2. The van der Waals surface area contributed by atoms with Gasteiger partial charge in [0.05, 0.1) is 6.04 Å². The van der Waals surface area contributed by atoms with Gasteiger partial charge in [0.1, 0.15) is 6.54 Å². The second-order valence-corrected chi connectivity index (χ2v) is 7.01. The number of carbonyl (C=O) groups excluding carboxylic acids is 1. The van der Waals surface area contributed by atoms with Gasteiger partial charge < -0.3 is 15.5 Å². The Balaban J connectivity index is 0.00000338. The molecule has 0 saturated carbocycles.